The van der Waals surface area contributed by atoms with E-state index in [0.29, 0.717) is 24.5 Å². The Morgan fingerprint density at radius 3 is 2.40 bits per heavy atom. The first-order valence-corrected chi connectivity index (χ1v) is 13.8. The smallest absolute Gasteiger partial charge is 0.306 e. The van der Waals surface area contributed by atoms with E-state index in [-0.39, 0.29) is 39.6 Å². The molecule has 2 saturated carbocycles. The zero-order valence-electron chi connectivity index (χ0n) is 23.1. The molecule has 0 aromatic rings. The summed E-state index contributed by atoms with van der Waals surface area (Å²) in [5.74, 6) is 0.0145. The van der Waals surface area contributed by atoms with Crippen LogP contribution in [-0.2, 0) is 4.79 Å². The summed E-state index contributed by atoms with van der Waals surface area (Å²) in [6.45, 7) is 19.7. The van der Waals surface area contributed by atoms with Gasteiger partial charge in [0.15, 0.2) is 0 Å². The molecular weight excluding hydrogens is 436 g/mol. The molecule has 0 aliphatic heterocycles. The minimum atomic E-state index is -0.691. The molecule has 4 aliphatic rings. The number of carbonyl (C=O) groups is 1. The largest absolute Gasteiger partial charge is 0.512 e. The summed E-state index contributed by atoms with van der Waals surface area (Å²) in [5.41, 5.74) is 2.72. The second kappa shape index (κ2) is 8.50. The Morgan fingerprint density at radius 1 is 1.14 bits per heavy atom. The van der Waals surface area contributed by atoms with E-state index >= 15 is 0 Å². The van der Waals surface area contributed by atoms with E-state index in [0.717, 1.165) is 49.7 Å². The van der Waals surface area contributed by atoms with Gasteiger partial charge in [-0.25, -0.2) is 0 Å². The molecule has 3 N–H and O–H groups in total. The topological polar surface area (TPSA) is 77.8 Å². The molecule has 4 heteroatoms. The number of aliphatic hydroxyl groups is 2. The zero-order chi connectivity index (χ0) is 26.1. The van der Waals surface area contributed by atoms with Crippen molar-refractivity contribution < 1.29 is 20.1 Å². The number of rotatable bonds is 6. The lowest BCUT2D eigenvalue weighted by Gasteiger charge is -2.61. The normalized spacial score (nSPS) is 41.1. The second-order valence-electron chi connectivity index (χ2n) is 13.9. The number of fused-ring (bicyclic) bond motifs is 5. The minimum absolute atomic E-state index is 0.0678. The average molecular weight is 485 g/mol. The molecule has 35 heavy (non-hydrogen) atoms. The number of hydrogen-bond acceptors (Lipinski definition) is 3. The molecule has 0 aromatic carbocycles. The highest BCUT2D eigenvalue weighted by atomic mass is 16.4. The van der Waals surface area contributed by atoms with Crippen LogP contribution in [0.4, 0.5) is 0 Å². The van der Waals surface area contributed by atoms with Gasteiger partial charge in [-0.15, -0.1) is 0 Å². The van der Waals surface area contributed by atoms with Crippen molar-refractivity contribution in [3.8, 4) is 0 Å². The van der Waals surface area contributed by atoms with Crippen molar-refractivity contribution in [2.75, 3.05) is 0 Å². The SMILES string of the molecule is C=C(CCC(C(=O)O)[C@H]1CC[C@@]2(C)C3=C(O)CC4C(C)(C)[C@@H](O)CC[C@]4(C)C3=CC[C@]12C)C(C)C. The highest BCUT2D eigenvalue weighted by Gasteiger charge is 2.65. The van der Waals surface area contributed by atoms with Gasteiger partial charge in [-0.3, -0.25) is 4.79 Å². The molecule has 0 radical (unpaired) electrons. The molecule has 2 unspecified atom stereocenters. The molecule has 0 heterocycles. The third-order valence-electron chi connectivity index (χ3n) is 11.7. The molecule has 196 valence electrons. The molecule has 7 atom stereocenters. The molecular formula is C31H48O4. The van der Waals surface area contributed by atoms with Crippen LogP contribution in [0, 0.1) is 45.3 Å². The van der Waals surface area contributed by atoms with Crippen molar-refractivity contribution in [2.24, 2.45) is 45.3 Å². The van der Waals surface area contributed by atoms with E-state index in [1.165, 1.54) is 5.57 Å². The fourth-order valence-corrected chi connectivity index (χ4v) is 8.86. The summed E-state index contributed by atoms with van der Waals surface area (Å²) in [6.07, 6.45) is 8.33. The Labute approximate surface area is 212 Å². The van der Waals surface area contributed by atoms with Crippen LogP contribution >= 0.6 is 0 Å². The third-order valence-corrected chi connectivity index (χ3v) is 11.7. The molecule has 4 nitrogen and oxygen atoms in total. The Morgan fingerprint density at radius 2 is 1.80 bits per heavy atom. The van der Waals surface area contributed by atoms with Crippen LogP contribution in [0.3, 0.4) is 0 Å². The Hall–Kier alpha value is -1.55. The molecule has 0 bridgehead atoms. The first-order valence-electron chi connectivity index (χ1n) is 13.8. The highest BCUT2D eigenvalue weighted by molar-refractivity contribution is 5.71. The van der Waals surface area contributed by atoms with E-state index < -0.39 is 11.9 Å². The average Bonchev–Trinajstić information content (AvgIpc) is 3.04. The van der Waals surface area contributed by atoms with E-state index in [2.05, 4.69) is 61.1 Å². The van der Waals surface area contributed by atoms with Gasteiger partial charge in [-0.1, -0.05) is 66.7 Å². The van der Waals surface area contributed by atoms with E-state index in [9.17, 15) is 20.1 Å². The summed E-state index contributed by atoms with van der Waals surface area (Å²) in [7, 11) is 0. The van der Waals surface area contributed by atoms with Crippen molar-refractivity contribution in [2.45, 2.75) is 106 Å². The number of aliphatic carboxylic acids is 1. The lowest BCUT2D eigenvalue weighted by atomic mass is 9.43. The van der Waals surface area contributed by atoms with Crippen molar-refractivity contribution in [3.63, 3.8) is 0 Å². The van der Waals surface area contributed by atoms with Gasteiger partial charge in [-0.2, -0.15) is 0 Å². The van der Waals surface area contributed by atoms with E-state index in [4.69, 9.17) is 0 Å². The van der Waals surface area contributed by atoms with Crippen LogP contribution < -0.4 is 0 Å². The summed E-state index contributed by atoms with van der Waals surface area (Å²) in [5, 5.41) is 32.7. The monoisotopic (exact) mass is 484 g/mol. The van der Waals surface area contributed by atoms with Crippen LogP contribution in [-0.4, -0.2) is 27.4 Å². The summed E-state index contributed by atoms with van der Waals surface area (Å²) in [6, 6.07) is 0. The van der Waals surface area contributed by atoms with Crippen molar-refractivity contribution in [1.29, 1.82) is 0 Å². The van der Waals surface area contributed by atoms with Crippen LogP contribution in [0.15, 0.2) is 35.1 Å². The first-order chi connectivity index (χ1) is 16.1. The van der Waals surface area contributed by atoms with E-state index in [1.54, 1.807) is 0 Å². The summed E-state index contributed by atoms with van der Waals surface area (Å²) < 4.78 is 0. The Kier molecular flexibility index (Phi) is 6.44. The maximum Gasteiger partial charge on any atom is 0.306 e. The number of hydrogen-bond donors (Lipinski definition) is 3. The maximum absolute atomic E-state index is 12.5. The molecule has 2 fully saturated rings. The highest BCUT2D eigenvalue weighted by Crippen LogP contribution is 2.72. The predicted molar refractivity (Wildman–Crippen MR) is 141 cm³/mol. The Balaban J connectivity index is 1.73. The molecule has 0 saturated heterocycles. The molecule has 0 aromatic heterocycles. The number of carboxylic acid groups (broad SMARTS) is 1. The lowest BCUT2D eigenvalue weighted by Crippen LogP contribution is -2.55. The van der Waals surface area contributed by atoms with Crippen LogP contribution in [0.5, 0.6) is 0 Å². The van der Waals surface area contributed by atoms with Crippen molar-refractivity contribution >= 4 is 5.97 Å². The Bertz CT molecular complexity index is 970. The lowest BCUT2D eigenvalue weighted by molar-refractivity contribution is -0.146. The van der Waals surface area contributed by atoms with Crippen LogP contribution in [0.1, 0.15) is 99.8 Å². The van der Waals surface area contributed by atoms with Crippen molar-refractivity contribution in [3.05, 3.63) is 35.1 Å². The second-order valence-corrected chi connectivity index (χ2v) is 13.9. The van der Waals surface area contributed by atoms with Gasteiger partial charge in [0.1, 0.15) is 0 Å². The van der Waals surface area contributed by atoms with Gasteiger partial charge in [0.05, 0.1) is 17.8 Å². The zero-order valence-corrected chi connectivity index (χ0v) is 23.1. The fourth-order valence-electron chi connectivity index (χ4n) is 8.86. The van der Waals surface area contributed by atoms with Crippen molar-refractivity contribution in [1.82, 2.24) is 0 Å². The van der Waals surface area contributed by atoms with Gasteiger partial charge in [0.25, 0.3) is 0 Å². The molecule has 0 amide bonds. The first kappa shape index (κ1) is 26.5. The molecule has 4 aliphatic carbocycles. The van der Waals surface area contributed by atoms with Gasteiger partial charge in [-0.05, 0) is 90.1 Å². The third kappa shape index (κ3) is 3.68. The van der Waals surface area contributed by atoms with Crippen LogP contribution in [0.2, 0.25) is 0 Å². The van der Waals surface area contributed by atoms with Crippen LogP contribution in [0.25, 0.3) is 0 Å². The van der Waals surface area contributed by atoms with Gasteiger partial charge in [0.2, 0.25) is 0 Å². The molecule has 4 rings (SSSR count). The number of aliphatic hydroxyl groups excluding tert-OH is 2. The predicted octanol–water partition coefficient (Wildman–Crippen LogP) is 7.45. The maximum atomic E-state index is 12.5. The van der Waals surface area contributed by atoms with Gasteiger partial charge in [0, 0.05) is 11.8 Å². The fraction of sp³-hybridized carbons (Fsp3) is 0.774. The standard InChI is InChI=1S/C31H48O4/c1-18(2)19(3)9-10-20(27(34)35)21-11-16-31(8)26-22(12-15-30(21,31)7)29(6)14-13-25(33)28(4,5)24(29)17-23(26)32/h12,18,20-21,24-25,32-33H,3,9-11,13-17H2,1-2,4-8H3,(H,34,35)/t20?,21-,24?,25+,29-,30-,31+/m1/s1. The summed E-state index contributed by atoms with van der Waals surface area (Å²) >= 11 is 0. The van der Waals surface area contributed by atoms with E-state index in [1.807, 2.05) is 0 Å². The quantitative estimate of drug-likeness (QED) is 0.342. The molecule has 0 spiro atoms. The summed E-state index contributed by atoms with van der Waals surface area (Å²) in [4.78, 5) is 12.5. The van der Waals surface area contributed by atoms with Gasteiger partial charge < -0.3 is 15.3 Å². The minimum Gasteiger partial charge on any atom is -0.512 e. The van der Waals surface area contributed by atoms with Gasteiger partial charge >= 0.3 is 5.97 Å². The number of allylic oxidation sites excluding steroid dienone is 5. The number of carboxylic acids is 1.